The standard InChI is InChI=1S/C36H41F3N4O3S/c1-47-32-12-6-27(7-13-32)22-41-18-14-31(15-19-41)40-33(44)29-8-2-28(3-9-29)24-43-25-35(46-34(43)45)16-20-42(21-17-35)23-26-4-10-30(11-5-26)36(37,38)39/h2-13,31H,14-25H2,1H3,(H,40,44). The SMILES string of the molecule is CSc1ccc(CN2CCC(NC(=O)c3ccc(CN4CC5(CCN(Cc6ccc(C(F)(F)F)cc6)CC5)OC4=O)cc3)CC2)cc1. The Morgan fingerprint density at radius 3 is 1.94 bits per heavy atom. The second kappa shape index (κ2) is 14.3. The minimum absolute atomic E-state index is 0.0785. The van der Waals surface area contributed by atoms with Gasteiger partial charge in [0.05, 0.1) is 12.1 Å². The number of nitrogens with one attached hydrogen (secondary N) is 1. The fraction of sp³-hybridized carbons (Fsp3) is 0.444. The average Bonchev–Trinajstić information content (AvgIpc) is 3.37. The van der Waals surface area contributed by atoms with Crippen molar-refractivity contribution >= 4 is 23.8 Å². The van der Waals surface area contributed by atoms with Crippen LogP contribution < -0.4 is 5.32 Å². The van der Waals surface area contributed by atoms with E-state index in [4.69, 9.17) is 4.74 Å². The summed E-state index contributed by atoms with van der Waals surface area (Å²) in [6, 6.07) is 21.6. The number of likely N-dealkylation sites (tertiary alicyclic amines) is 2. The number of nitrogens with zero attached hydrogens (tertiary/aromatic N) is 3. The molecule has 0 aromatic heterocycles. The smallest absolute Gasteiger partial charge is 0.416 e. The second-order valence-corrected chi connectivity index (χ2v) is 13.8. The molecule has 0 unspecified atom stereocenters. The van der Waals surface area contributed by atoms with Crippen molar-refractivity contribution < 1.29 is 27.5 Å². The molecular formula is C36H41F3N4O3S. The Bertz CT molecular complexity index is 1520. The van der Waals surface area contributed by atoms with Gasteiger partial charge in [0.1, 0.15) is 5.60 Å². The van der Waals surface area contributed by atoms with Crippen LogP contribution in [0.2, 0.25) is 0 Å². The van der Waals surface area contributed by atoms with Crippen molar-refractivity contribution in [2.45, 2.75) is 68.0 Å². The summed E-state index contributed by atoms with van der Waals surface area (Å²) in [6.45, 7) is 5.64. The summed E-state index contributed by atoms with van der Waals surface area (Å²) in [5.41, 5.74) is 2.46. The van der Waals surface area contributed by atoms with Crippen LogP contribution in [0.1, 0.15) is 58.3 Å². The van der Waals surface area contributed by atoms with Gasteiger partial charge in [-0.05, 0) is 72.2 Å². The zero-order valence-electron chi connectivity index (χ0n) is 26.6. The summed E-state index contributed by atoms with van der Waals surface area (Å²) < 4.78 is 44.5. The monoisotopic (exact) mass is 666 g/mol. The summed E-state index contributed by atoms with van der Waals surface area (Å²) in [7, 11) is 0. The molecule has 3 heterocycles. The Hall–Kier alpha value is -3.54. The lowest BCUT2D eigenvalue weighted by molar-refractivity contribution is -0.137. The van der Waals surface area contributed by atoms with E-state index in [1.54, 1.807) is 16.7 Å². The quantitative estimate of drug-likeness (QED) is 0.254. The van der Waals surface area contributed by atoms with Crippen molar-refractivity contribution in [3.8, 4) is 0 Å². The zero-order chi connectivity index (χ0) is 33.0. The fourth-order valence-electron chi connectivity index (χ4n) is 6.73. The molecule has 11 heteroatoms. The molecule has 1 spiro atoms. The maximum atomic E-state index is 13.0. The Balaban J connectivity index is 0.931. The molecule has 6 rings (SSSR count). The summed E-state index contributed by atoms with van der Waals surface area (Å²) in [5, 5.41) is 3.20. The molecule has 0 aliphatic carbocycles. The van der Waals surface area contributed by atoms with Gasteiger partial charge >= 0.3 is 12.3 Å². The molecule has 3 aromatic rings. The van der Waals surface area contributed by atoms with Gasteiger partial charge in [0.2, 0.25) is 0 Å². The van der Waals surface area contributed by atoms with Gasteiger partial charge in [0, 0.05) is 75.2 Å². The number of ether oxygens (including phenoxy) is 1. The van der Waals surface area contributed by atoms with Gasteiger partial charge < -0.3 is 10.1 Å². The van der Waals surface area contributed by atoms with Crippen LogP contribution in [0.15, 0.2) is 77.7 Å². The molecule has 1 N–H and O–H groups in total. The number of carbonyl (C=O) groups is 2. The molecule has 7 nitrogen and oxygen atoms in total. The maximum absolute atomic E-state index is 13.0. The number of benzene rings is 3. The van der Waals surface area contributed by atoms with E-state index in [0.29, 0.717) is 51.1 Å². The number of alkyl halides is 3. The summed E-state index contributed by atoms with van der Waals surface area (Å²) >= 11 is 1.74. The van der Waals surface area contributed by atoms with Crippen molar-refractivity contribution in [2.75, 3.05) is 39.0 Å². The molecule has 0 atom stereocenters. The first kappa shape index (κ1) is 33.4. The first-order valence-corrected chi connectivity index (χ1v) is 17.4. The van der Waals surface area contributed by atoms with E-state index in [0.717, 1.165) is 55.7 Å². The lowest BCUT2D eigenvalue weighted by Gasteiger charge is -2.37. The van der Waals surface area contributed by atoms with Crippen molar-refractivity contribution in [2.24, 2.45) is 0 Å². The van der Waals surface area contributed by atoms with Crippen LogP contribution in [0.5, 0.6) is 0 Å². The van der Waals surface area contributed by atoms with E-state index in [2.05, 4.69) is 45.6 Å². The lowest BCUT2D eigenvalue weighted by atomic mass is 9.91. The molecule has 0 radical (unpaired) electrons. The normalized spacial score (nSPS) is 19.2. The van der Waals surface area contributed by atoms with Crippen LogP contribution >= 0.6 is 11.8 Å². The Morgan fingerprint density at radius 2 is 1.36 bits per heavy atom. The highest BCUT2D eigenvalue weighted by molar-refractivity contribution is 7.98. The largest absolute Gasteiger partial charge is 0.441 e. The van der Waals surface area contributed by atoms with Crippen LogP contribution in [0, 0.1) is 0 Å². The van der Waals surface area contributed by atoms with E-state index in [1.165, 1.54) is 22.6 Å². The maximum Gasteiger partial charge on any atom is 0.416 e. The van der Waals surface area contributed by atoms with Crippen LogP contribution in [-0.4, -0.2) is 77.3 Å². The van der Waals surface area contributed by atoms with Gasteiger partial charge in [-0.2, -0.15) is 13.2 Å². The molecule has 0 saturated carbocycles. The molecule has 3 fully saturated rings. The van der Waals surface area contributed by atoms with Gasteiger partial charge in [0.15, 0.2) is 0 Å². The predicted octanol–water partition coefficient (Wildman–Crippen LogP) is 6.81. The highest BCUT2D eigenvalue weighted by Crippen LogP contribution is 2.35. The predicted molar refractivity (Wildman–Crippen MR) is 176 cm³/mol. The number of halogens is 3. The molecule has 3 aliphatic heterocycles. The van der Waals surface area contributed by atoms with Crippen molar-refractivity contribution in [3.05, 3.63) is 101 Å². The van der Waals surface area contributed by atoms with E-state index >= 15 is 0 Å². The Kier molecular flexibility index (Phi) is 10.1. The average molecular weight is 667 g/mol. The molecule has 47 heavy (non-hydrogen) atoms. The van der Waals surface area contributed by atoms with Crippen LogP contribution in [0.25, 0.3) is 0 Å². The minimum atomic E-state index is -4.34. The number of rotatable bonds is 9. The number of amides is 2. The van der Waals surface area contributed by atoms with Gasteiger partial charge in [0.25, 0.3) is 5.91 Å². The number of carbonyl (C=O) groups excluding carboxylic acids is 2. The molecule has 250 valence electrons. The van der Waals surface area contributed by atoms with Gasteiger partial charge in [-0.1, -0.05) is 36.4 Å². The van der Waals surface area contributed by atoms with Crippen molar-refractivity contribution in [3.63, 3.8) is 0 Å². The van der Waals surface area contributed by atoms with E-state index in [9.17, 15) is 22.8 Å². The fourth-order valence-corrected chi connectivity index (χ4v) is 7.13. The molecule has 3 aromatic carbocycles. The second-order valence-electron chi connectivity index (χ2n) is 12.9. The first-order chi connectivity index (χ1) is 22.6. The number of thioether (sulfide) groups is 1. The highest BCUT2D eigenvalue weighted by atomic mass is 32.2. The number of piperidine rings is 2. The topological polar surface area (TPSA) is 65.1 Å². The third-order valence-corrected chi connectivity index (χ3v) is 10.3. The molecular weight excluding hydrogens is 625 g/mol. The van der Waals surface area contributed by atoms with E-state index < -0.39 is 17.3 Å². The first-order valence-electron chi connectivity index (χ1n) is 16.2. The van der Waals surface area contributed by atoms with E-state index in [-0.39, 0.29) is 18.0 Å². The Labute approximate surface area is 278 Å². The summed E-state index contributed by atoms with van der Waals surface area (Å²) in [5.74, 6) is -0.0785. The number of hydrogen-bond donors (Lipinski definition) is 1. The van der Waals surface area contributed by atoms with Gasteiger partial charge in [-0.3, -0.25) is 19.5 Å². The van der Waals surface area contributed by atoms with Crippen LogP contribution in [-0.2, 0) is 30.5 Å². The third-order valence-electron chi connectivity index (χ3n) is 9.57. The summed E-state index contributed by atoms with van der Waals surface area (Å²) in [6.07, 6.45) is 0.558. The van der Waals surface area contributed by atoms with Crippen LogP contribution in [0.4, 0.5) is 18.0 Å². The summed E-state index contributed by atoms with van der Waals surface area (Å²) in [4.78, 5) is 33.4. The zero-order valence-corrected chi connectivity index (χ0v) is 27.4. The van der Waals surface area contributed by atoms with Crippen LogP contribution in [0.3, 0.4) is 0 Å². The third kappa shape index (κ3) is 8.49. The number of hydrogen-bond acceptors (Lipinski definition) is 6. The van der Waals surface area contributed by atoms with Gasteiger partial charge in [-0.15, -0.1) is 11.8 Å². The molecule has 0 bridgehead atoms. The molecule has 3 saturated heterocycles. The lowest BCUT2D eigenvalue weighted by Crippen LogP contribution is -2.46. The van der Waals surface area contributed by atoms with Crippen molar-refractivity contribution in [1.29, 1.82) is 0 Å². The molecule has 3 aliphatic rings. The van der Waals surface area contributed by atoms with E-state index in [1.807, 2.05) is 24.3 Å². The highest BCUT2D eigenvalue weighted by Gasteiger charge is 2.46. The van der Waals surface area contributed by atoms with Gasteiger partial charge in [-0.25, -0.2) is 4.79 Å². The minimum Gasteiger partial charge on any atom is -0.441 e. The molecule has 2 amide bonds. The van der Waals surface area contributed by atoms with Crippen molar-refractivity contribution in [1.82, 2.24) is 20.0 Å². The Morgan fingerprint density at radius 1 is 0.830 bits per heavy atom.